The number of aliphatic hydroxyl groups is 1. The van der Waals surface area contributed by atoms with E-state index in [1.807, 2.05) is 0 Å². The van der Waals surface area contributed by atoms with E-state index in [1.165, 1.54) is 5.01 Å². The summed E-state index contributed by atoms with van der Waals surface area (Å²) < 4.78 is 0. The Labute approximate surface area is 101 Å². The second-order valence-corrected chi connectivity index (χ2v) is 4.86. The van der Waals surface area contributed by atoms with Crippen LogP contribution in [0.15, 0.2) is 11.9 Å². The number of hydrogen-bond donors (Lipinski definition) is 3. The lowest BCUT2D eigenvalue weighted by atomic mass is 10.3. The molecule has 1 aliphatic heterocycles. The summed E-state index contributed by atoms with van der Waals surface area (Å²) in [7, 11) is 0. The van der Waals surface area contributed by atoms with Gasteiger partial charge < -0.3 is 20.7 Å². The van der Waals surface area contributed by atoms with Crippen LogP contribution in [0.25, 0.3) is 0 Å². The topological polar surface area (TPSA) is 95.8 Å². The Balaban J connectivity index is 1.79. The van der Waals surface area contributed by atoms with Gasteiger partial charge in [0, 0.05) is 30.9 Å². The normalized spacial score (nSPS) is 25.2. The molecule has 2 rings (SSSR count). The van der Waals surface area contributed by atoms with Crippen molar-refractivity contribution in [3.63, 3.8) is 0 Å². The monoisotopic (exact) mass is 240 g/mol. The van der Waals surface area contributed by atoms with Crippen LogP contribution >= 0.6 is 0 Å². The van der Waals surface area contributed by atoms with Crippen molar-refractivity contribution in [3.05, 3.63) is 11.9 Å². The third kappa shape index (κ3) is 3.34. The third-order valence-corrected chi connectivity index (χ3v) is 3.20. The number of carbonyl (C=O) groups is 1. The van der Waals surface area contributed by atoms with Crippen LogP contribution in [0.1, 0.15) is 19.3 Å². The maximum absolute atomic E-state index is 11.8. The minimum Gasteiger partial charge on any atom is -0.401 e. The molecule has 0 aromatic heterocycles. The summed E-state index contributed by atoms with van der Waals surface area (Å²) in [5.74, 6) is 6.09. The Morgan fingerprint density at radius 1 is 1.47 bits per heavy atom. The van der Waals surface area contributed by atoms with E-state index in [-0.39, 0.29) is 12.5 Å². The van der Waals surface area contributed by atoms with Crippen molar-refractivity contribution in [1.29, 1.82) is 0 Å². The molecule has 6 nitrogen and oxygen atoms in total. The number of allylic oxidation sites excluding steroid dienone is 1. The van der Waals surface area contributed by atoms with E-state index in [4.69, 9.17) is 11.6 Å². The number of amides is 1. The molecular weight excluding hydrogens is 220 g/mol. The van der Waals surface area contributed by atoms with Gasteiger partial charge in [-0.2, -0.15) is 0 Å². The van der Waals surface area contributed by atoms with Crippen LogP contribution in [-0.2, 0) is 4.79 Å². The number of hydrazine groups is 1. The van der Waals surface area contributed by atoms with Gasteiger partial charge in [0.05, 0.1) is 6.10 Å². The van der Waals surface area contributed by atoms with E-state index in [2.05, 4.69) is 0 Å². The van der Waals surface area contributed by atoms with E-state index in [9.17, 15) is 9.90 Å². The Morgan fingerprint density at radius 3 is 2.71 bits per heavy atom. The van der Waals surface area contributed by atoms with E-state index in [1.54, 1.807) is 11.1 Å². The highest BCUT2D eigenvalue weighted by atomic mass is 16.3. The molecular formula is C11H20N4O2. The van der Waals surface area contributed by atoms with Crippen LogP contribution in [0.3, 0.4) is 0 Å². The van der Waals surface area contributed by atoms with E-state index in [0.717, 1.165) is 18.5 Å². The fourth-order valence-electron chi connectivity index (χ4n) is 1.98. The number of β-amino-alcohol motifs (C(OH)–C–C–N with tert-alkyl or cyclic N) is 1. The smallest absolute Gasteiger partial charge is 0.243 e. The zero-order valence-electron chi connectivity index (χ0n) is 9.88. The molecule has 2 fully saturated rings. The summed E-state index contributed by atoms with van der Waals surface area (Å²) in [5, 5.41) is 10.7. The molecule has 17 heavy (non-hydrogen) atoms. The van der Waals surface area contributed by atoms with E-state index < -0.39 is 6.10 Å². The van der Waals surface area contributed by atoms with Gasteiger partial charge >= 0.3 is 0 Å². The molecule has 5 N–H and O–H groups in total. The fraction of sp³-hybridized carbons (Fsp3) is 0.727. The second-order valence-electron chi connectivity index (χ2n) is 4.86. The van der Waals surface area contributed by atoms with Crippen LogP contribution < -0.4 is 11.6 Å². The van der Waals surface area contributed by atoms with Gasteiger partial charge in [0.25, 0.3) is 0 Å². The predicted octanol–water partition coefficient (Wildman–Crippen LogP) is -1.03. The van der Waals surface area contributed by atoms with Crippen LogP contribution in [0, 0.1) is 5.92 Å². The number of likely N-dealkylation sites (tertiary alicyclic amines) is 1. The fourth-order valence-corrected chi connectivity index (χ4v) is 1.98. The molecule has 1 saturated carbocycles. The van der Waals surface area contributed by atoms with Gasteiger partial charge in [-0.05, 0) is 19.3 Å². The number of nitrogens with two attached hydrogens (primary N) is 2. The van der Waals surface area contributed by atoms with E-state index >= 15 is 0 Å². The van der Waals surface area contributed by atoms with Crippen molar-refractivity contribution in [2.24, 2.45) is 17.5 Å². The summed E-state index contributed by atoms with van der Waals surface area (Å²) in [6.07, 6.45) is 4.13. The first kappa shape index (κ1) is 12.2. The number of aliphatic hydroxyl groups excluding tert-OH is 1. The summed E-state index contributed by atoms with van der Waals surface area (Å²) in [6.45, 7) is 1.13. The van der Waals surface area contributed by atoms with Crippen molar-refractivity contribution in [1.82, 2.24) is 9.91 Å². The largest absolute Gasteiger partial charge is 0.401 e. The molecule has 1 saturated heterocycles. The number of hydrogen-bond acceptors (Lipinski definition) is 5. The summed E-state index contributed by atoms with van der Waals surface area (Å²) >= 11 is 0. The van der Waals surface area contributed by atoms with Gasteiger partial charge in [0.1, 0.15) is 6.54 Å². The first-order valence-corrected chi connectivity index (χ1v) is 6.00. The molecule has 1 atom stereocenters. The molecule has 2 aliphatic rings. The van der Waals surface area contributed by atoms with Crippen molar-refractivity contribution in [2.45, 2.75) is 25.4 Å². The van der Waals surface area contributed by atoms with Gasteiger partial charge in [-0.15, -0.1) is 0 Å². The molecule has 0 spiro atoms. The summed E-state index contributed by atoms with van der Waals surface area (Å²) in [4.78, 5) is 13.4. The lowest BCUT2D eigenvalue weighted by molar-refractivity contribution is -0.131. The standard InChI is InChI=1S/C11H20N4O2/c12-10(8-1-2-8)6-15(13)7-11(17)14-4-3-9(16)5-14/h6,8-9,16H,1-5,7,12-13H2/b10-6-. The molecule has 1 aliphatic carbocycles. The second kappa shape index (κ2) is 4.93. The highest BCUT2D eigenvalue weighted by Gasteiger charge is 2.26. The highest BCUT2D eigenvalue weighted by Crippen LogP contribution is 2.33. The first-order chi connectivity index (χ1) is 8.06. The van der Waals surface area contributed by atoms with Gasteiger partial charge in [0.2, 0.25) is 5.91 Å². The molecule has 0 aromatic rings. The summed E-state index contributed by atoms with van der Waals surface area (Å²) in [5.41, 5.74) is 6.56. The molecule has 1 heterocycles. The highest BCUT2D eigenvalue weighted by molar-refractivity contribution is 5.78. The van der Waals surface area contributed by atoms with Gasteiger partial charge in [-0.1, -0.05) is 0 Å². The first-order valence-electron chi connectivity index (χ1n) is 6.00. The maximum atomic E-state index is 11.8. The molecule has 96 valence electrons. The lowest BCUT2D eigenvalue weighted by Crippen LogP contribution is -2.40. The average Bonchev–Trinajstić information content (AvgIpc) is 3.01. The molecule has 0 aromatic carbocycles. The predicted molar refractivity (Wildman–Crippen MR) is 63.1 cm³/mol. The van der Waals surface area contributed by atoms with Crippen molar-refractivity contribution < 1.29 is 9.90 Å². The minimum atomic E-state index is -0.391. The maximum Gasteiger partial charge on any atom is 0.243 e. The Kier molecular flexibility index (Phi) is 3.54. The number of carbonyl (C=O) groups excluding carboxylic acids is 1. The van der Waals surface area contributed by atoms with Crippen molar-refractivity contribution >= 4 is 5.91 Å². The SMILES string of the molecule is N/C(=C\N(N)CC(=O)N1CCC(O)C1)C1CC1. The third-order valence-electron chi connectivity index (χ3n) is 3.20. The lowest BCUT2D eigenvalue weighted by Gasteiger charge is -2.20. The van der Waals surface area contributed by atoms with Crippen molar-refractivity contribution in [2.75, 3.05) is 19.6 Å². The molecule has 1 unspecified atom stereocenters. The van der Waals surface area contributed by atoms with Gasteiger partial charge in [-0.25, -0.2) is 5.84 Å². The van der Waals surface area contributed by atoms with Crippen LogP contribution in [-0.4, -0.2) is 46.7 Å². The summed E-state index contributed by atoms with van der Waals surface area (Å²) in [6, 6.07) is 0. The average molecular weight is 240 g/mol. The van der Waals surface area contributed by atoms with Crippen molar-refractivity contribution in [3.8, 4) is 0 Å². The van der Waals surface area contributed by atoms with E-state index in [0.29, 0.717) is 25.4 Å². The number of nitrogens with zero attached hydrogens (tertiary/aromatic N) is 2. The zero-order chi connectivity index (χ0) is 12.4. The van der Waals surface area contributed by atoms with Crippen LogP contribution in [0.4, 0.5) is 0 Å². The van der Waals surface area contributed by atoms with Crippen LogP contribution in [0.2, 0.25) is 0 Å². The molecule has 6 heteroatoms. The quantitative estimate of drug-likeness (QED) is 0.431. The number of rotatable bonds is 4. The Bertz CT molecular complexity index is 327. The van der Waals surface area contributed by atoms with Gasteiger partial charge in [0.15, 0.2) is 0 Å². The molecule has 1 amide bonds. The minimum absolute atomic E-state index is 0.0658. The zero-order valence-corrected chi connectivity index (χ0v) is 9.88. The van der Waals surface area contributed by atoms with Crippen LogP contribution in [0.5, 0.6) is 0 Å². The molecule has 0 radical (unpaired) electrons. The Morgan fingerprint density at radius 2 is 2.18 bits per heavy atom. The van der Waals surface area contributed by atoms with Gasteiger partial charge in [-0.3, -0.25) is 4.79 Å². The molecule has 0 bridgehead atoms. The Hall–Kier alpha value is -1.27.